The van der Waals surface area contributed by atoms with Crippen molar-refractivity contribution in [2.45, 2.75) is 52.6 Å². The molecule has 0 fully saturated rings. The van der Waals surface area contributed by atoms with Gasteiger partial charge in [-0.2, -0.15) is 0 Å². The Kier molecular flexibility index (Phi) is 6.61. The SMILES string of the molecule is CCCC(CNC(=O)OC(C)(C)C)(Cc1ccccc1)C(=O)O. The molecule has 5 heteroatoms. The van der Waals surface area contributed by atoms with E-state index < -0.39 is 23.1 Å². The van der Waals surface area contributed by atoms with E-state index >= 15 is 0 Å². The van der Waals surface area contributed by atoms with Gasteiger partial charge in [0.2, 0.25) is 0 Å². The Hall–Kier alpha value is -2.04. The molecule has 5 nitrogen and oxygen atoms in total. The van der Waals surface area contributed by atoms with Crippen LogP contribution < -0.4 is 5.32 Å². The maximum Gasteiger partial charge on any atom is 0.407 e. The molecule has 0 heterocycles. The number of aliphatic carboxylic acids is 1. The van der Waals surface area contributed by atoms with Gasteiger partial charge in [0.05, 0.1) is 5.41 Å². The second-order valence-electron chi connectivity index (χ2n) is 6.85. The van der Waals surface area contributed by atoms with Crippen LogP contribution in [0.3, 0.4) is 0 Å². The number of hydrogen-bond acceptors (Lipinski definition) is 3. The minimum absolute atomic E-state index is 0.0416. The molecule has 0 saturated carbocycles. The van der Waals surface area contributed by atoms with E-state index in [1.807, 2.05) is 37.3 Å². The lowest BCUT2D eigenvalue weighted by Gasteiger charge is -2.30. The third kappa shape index (κ3) is 6.30. The predicted octanol–water partition coefficient (Wildman–Crippen LogP) is 3.62. The number of carbonyl (C=O) groups excluding carboxylic acids is 1. The Morgan fingerprint density at radius 1 is 1.17 bits per heavy atom. The van der Waals surface area contributed by atoms with Gasteiger partial charge in [-0.3, -0.25) is 4.79 Å². The van der Waals surface area contributed by atoms with Crippen LogP contribution >= 0.6 is 0 Å². The Morgan fingerprint density at radius 2 is 1.78 bits per heavy atom. The molecule has 1 rings (SSSR count). The van der Waals surface area contributed by atoms with Gasteiger partial charge in [-0.15, -0.1) is 0 Å². The summed E-state index contributed by atoms with van der Waals surface area (Å²) < 4.78 is 5.20. The van der Waals surface area contributed by atoms with Crippen LogP contribution in [0.25, 0.3) is 0 Å². The highest BCUT2D eigenvalue weighted by molar-refractivity contribution is 5.77. The molecule has 0 saturated heterocycles. The van der Waals surface area contributed by atoms with Crippen LogP contribution in [0.4, 0.5) is 4.79 Å². The largest absolute Gasteiger partial charge is 0.481 e. The van der Waals surface area contributed by atoms with Crippen molar-refractivity contribution in [1.29, 1.82) is 0 Å². The van der Waals surface area contributed by atoms with Crippen molar-refractivity contribution in [1.82, 2.24) is 5.32 Å². The molecule has 2 N–H and O–H groups in total. The number of nitrogens with one attached hydrogen (secondary N) is 1. The normalized spacial score (nSPS) is 13.9. The molecule has 0 radical (unpaired) electrons. The average molecular weight is 321 g/mol. The zero-order valence-electron chi connectivity index (χ0n) is 14.4. The summed E-state index contributed by atoms with van der Waals surface area (Å²) in [5.74, 6) is -0.903. The molecule has 1 aromatic carbocycles. The predicted molar refractivity (Wildman–Crippen MR) is 89.4 cm³/mol. The zero-order valence-corrected chi connectivity index (χ0v) is 14.4. The summed E-state index contributed by atoms with van der Waals surface area (Å²) in [4.78, 5) is 23.8. The zero-order chi connectivity index (χ0) is 17.5. The lowest BCUT2D eigenvalue weighted by Crippen LogP contribution is -2.46. The van der Waals surface area contributed by atoms with Crippen LogP contribution in [0.1, 0.15) is 46.1 Å². The quantitative estimate of drug-likeness (QED) is 0.804. The van der Waals surface area contributed by atoms with Gasteiger partial charge < -0.3 is 15.2 Å². The molecule has 0 aliphatic carbocycles. The fourth-order valence-electron chi connectivity index (χ4n) is 2.52. The fourth-order valence-corrected chi connectivity index (χ4v) is 2.52. The third-order valence-electron chi connectivity index (χ3n) is 3.54. The molecule has 1 atom stereocenters. The van der Waals surface area contributed by atoms with Gasteiger partial charge in [0, 0.05) is 6.54 Å². The molecule has 1 unspecified atom stereocenters. The van der Waals surface area contributed by atoms with Crippen LogP contribution in [0.2, 0.25) is 0 Å². The highest BCUT2D eigenvalue weighted by atomic mass is 16.6. The number of amides is 1. The van der Waals surface area contributed by atoms with E-state index in [1.165, 1.54) is 0 Å². The third-order valence-corrected chi connectivity index (χ3v) is 3.54. The lowest BCUT2D eigenvalue weighted by molar-refractivity contribution is -0.149. The van der Waals surface area contributed by atoms with Crippen molar-refractivity contribution in [3.05, 3.63) is 35.9 Å². The number of carbonyl (C=O) groups is 2. The summed E-state index contributed by atoms with van der Waals surface area (Å²) in [5.41, 5.74) is -0.706. The number of carboxylic acids is 1. The van der Waals surface area contributed by atoms with Crippen molar-refractivity contribution in [3.63, 3.8) is 0 Å². The summed E-state index contributed by atoms with van der Waals surface area (Å²) in [6, 6.07) is 9.47. The maximum absolute atomic E-state index is 11.9. The highest BCUT2D eigenvalue weighted by Gasteiger charge is 2.38. The van der Waals surface area contributed by atoms with Gasteiger partial charge in [-0.25, -0.2) is 4.79 Å². The minimum atomic E-state index is -1.03. The Morgan fingerprint density at radius 3 is 2.26 bits per heavy atom. The molecule has 0 aliphatic heterocycles. The molecule has 1 amide bonds. The maximum atomic E-state index is 11.9. The first-order chi connectivity index (χ1) is 10.7. The fraction of sp³-hybridized carbons (Fsp3) is 0.556. The molecule has 0 spiro atoms. The summed E-state index contributed by atoms with van der Waals surface area (Å²) >= 11 is 0. The lowest BCUT2D eigenvalue weighted by atomic mass is 9.77. The van der Waals surface area contributed by atoms with Crippen molar-refractivity contribution in [3.8, 4) is 0 Å². The average Bonchev–Trinajstić information content (AvgIpc) is 2.44. The van der Waals surface area contributed by atoms with Crippen molar-refractivity contribution in [2.24, 2.45) is 5.41 Å². The van der Waals surface area contributed by atoms with E-state index in [4.69, 9.17) is 4.74 Å². The van der Waals surface area contributed by atoms with E-state index in [-0.39, 0.29) is 6.54 Å². The number of ether oxygens (including phenoxy) is 1. The molecule has 0 bridgehead atoms. The standard InChI is InChI=1S/C18H27NO4/c1-5-11-18(15(20)21,12-14-9-7-6-8-10-14)13-19-16(22)23-17(2,3)4/h6-10H,5,11-13H2,1-4H3,(H,19,22)(H,20,21). The topological polar surface area (TPSA) is 75.6 Å². The smallest absolute Gasteiger partial charge is 0.407 e. The molecule has 0 aromatic heterocycles. The molecule has 128 valence electrons. The first kappa shape index (κ1) is 19.0. The number of benzene rings is 1. The second kappa shape index (κ2) is 7.99. The number of alkyl carbamates (subject to hydrolysis) is 1. The van der Waals surface area contributed by atoms with Gasteiger partial charge >= 0.3 is 12.1 Å². The molecular formula is C18H27NO4. The minimum Gasteiger partial charge on any atom is -0.481 e. The van der Waals surface area contributed by atoms with Crippen LogP contribution in [-0.4, -0.2) is 29.3 Å². The van der Waals surface area contributed by atoms with Crippen LogP contribution in [0.15, 0.2) is 30.3 Å². The number of rotatable bonds is 7. The molecular weight excluding hydrogens is 294 g/mol. The van der Waals surface area contributed by atoms with Gasteiger partial charge in [0.15, 0.2) is 0 Å². The Balaban J connectivity index is 2.87. The van der Waals surface area contributed by atoms with Gasteiger partial charge in [-0.05, 0) is 39.2 Å². The molecule has 1 aromatic rings. The Bertz CT molecular complexity index is 522. The van der Waals surface area contributed by atoms with Crippen LogP contribution in [-0.2, 0) is 16.0 Å². The summed E-state index contributed by atoms with van der Waals surface area (Å²) in [5, 5.41) is 12.4. The number of hydrogen-bond donors (Lipinski definition) is 2. The van der Waals surface area contributed by atoms with E-state index in [0.29, 0.717) is 12.8 Å². The summed E-state index contributed by atoms with van der Waals surface area (Å²) in [7, 11) is 0. The van der Waals surface area contributed by atoms with Gasteiger partial charge in [0.1, 0.15) is 5.60 Å². The van der Waals surface area contributed by atoms with E-state index in [0.717, 1.165) is 12.0 Å². The summed E-state index contributed by atoms with van der Waals surface area (Å²) in [6.07, 6.45) is 0.974. The van der Waals surface area contributed by atoms with E-state index in [1.54, 1.807) is 20.8 Å². The van der Waals surface area contributed by atoms with Crippen molar-refractivity contribution in [2.75, 3.05) is 6.54 Å². The first-order valence-corrected chi connectivity index (χ1v) is 7.93. The summed E-state index contributed by atoms with van der Waals surface area (Å²) in [6.45, 7) is 7.29. The van der Waals surface area contributed by atoms with Crippen LogP contribution in [0.5, 0.6) is 0 Å². The number of carboxylic acid groups (broad SMARTS) is 1. The van der Waals surface area contributed by atoms with Gasteiger partial charge in [0.25, 0.3) is 0 Å². The Labute approximate surface area is 138 Å². The van der Waals surface area contributed by atoms with E-state index in [9.17, 15) is 14.7 Å². The van der Waals surface area contributed by atoms with Crippen molar-refractivity contribution < 1.29 is 19.4 Å². The monoisotopic (exact) mass is 321 g/mol. The van der Waals surface area contributed by atoms with Gasteiger partial charge in [-0.1, -0.05) is 43.7 Å². The molecule has 23 heavy (non-hydrogen) atoms. The first-order valence-electron chi connectivity index (χ1n) is 7.93. The van der Waals surface area contributed by atoms with Crippen LogP contribution in [0, 0.1) is 5.41 Å². The van der Waals surface area contributed by atoms with E-state index in [2.05, 4.69) is 5.32 Å². The highest BCUT2D eigenvalue weighted by Crippen LogP contribution is 2.29. The second-order valence-corrected chi connectivity index (χ2v) is 6.85. The van der Waals surface area contributed by atoms with Crippen molar-refractivity contribution >= 4 is 12.1 Å². The molecule has 0 aliphatic rings.